The summed E-state index contributed by atoms with van der Waals surface area (Å²) in [7, 11) is 0. The average molecular weight is 419 g/mol. The second-order valence-electron chi connectivity index (χ2n) is 8.25. The van der Waals surface area contributed by atoms with Crippen LogP contribution in [0.3, 0.4) is 0 Å². The van der Waals surface area contributed by atoms with Crippen molar-refractivity contribution in [2.75, 3.05) is 19.6 Å². The molecular weight excluding hydrogens is 387 g/mol. The summed E-state index contributed by atoms with van der Waals surface area (Å²) in [6.07, 6.45) is 5.56. The lowest BCUT2D eigenvalue weighted by atomic mass is 10.1. The standard InChI is InChI=1S/C26H31FN4/c1-2-31(24-12-14-28-18-24)19-21-8-3-9-22(16-21)25-13-15-29-26(30-25)11-5-7-20-6-4-10-23(27)17-20/h3-4,6,8-10,13,15-17,24,28H,2,5,7,11-12,14,18-19H2,1H3/t24-/m0/s1. The molecule has 0 radical (unpaired) electrons. The van der Waals surface area contributed by atoms with Crippen LogP contribution in [0.1, 0.15) is 36.7 Å². The number of aromatic nitrogens is 2. The van der Waals surface area contributed by atoms with Gasteiger partial charge in [0.15, 0.2) is 0 Å². The van der Waals surface area contributed by atoms with E-state index in [2.05, 4.69) is 46.4 Å². The third-order valence-corrected chi connectivity index (χ3v) is 6.03. The number of rotatable bonds is 9. The normalized spacial score (nSPS) is 16.2. The summed E-state index contributed by atoms with van der Waals surface area (Å²) >= 11 is 0. The molecule has 0 saturated carbocycles. The molecule has 2 heterocycles. The first-order valence-corrected chi connectivity index (χ1v) is 11.3. The Morgan fingerprint density at radius 3 is 2.74 bits per heavy atom. The van der Waals surface area contributed by atoms with Gasteiger partial charge in [0.05, 0.1) is 5.69 Å². The Labute approximate surface area is 184 Å². The number of nitrogens with one attached hydrogen (secondary N) is 1. The largest absolute Gasteiger partial charge is 0.315 e. The zero-order valence-electron chi connectivity index (χ0n) is 18.2. The van der Waals surface area contributed by atoms with Gasteiger partial charge >= 0.3 is 0 Å². The molecule has 31 heavy (non-hydrogen) atoms. The highest BCUT2D eigenvalue weighted by Crippen LogP contribution is 2.21. The molecule has 2 aromatic carbocycles. The molecule has 0 amide bonds. The van der Waals surface area contributed by atoms with Gasteiger partial charge in [0.2, 0.25) is 0 Å². The molecule has 3 aromatic rings. The van der Waals surface area contributed by atoms with Crippen molar-refractivity contribution in [3.63, 3.8) is 0 Å². The van der Waals surface area contributed by atoms with Crippen LogP contribution in [0, 0.1) is 5.82 Å². The van der Waals surface area contributed by atoms with E-state index in [1.54, 1.807) is 12.1 Å². The molecule has 0 unspecified atom stereocenters. The quantitative estimate of drug-likeness (QED) is 0.550. The van der Waals surface area contributed by atoms with E-state index in [-0.39, 0.29) is 5.82 Å². The Morgan fingerprint density at radius 1 is 1.06 bits per heavy atom. The second kappa shape index (κ2) is 10.6. The molecule has 1 aromatic heterocycles. The van der Waals surface area contributed by atoms with Gasteiger partial charge in [-0.3, -0.25) is 4.90 Å². The number of aryl methyl sites for hydroxylation is 2. The summed E-state index contributed by atoms with van der Waals surface area (Å²) < 4.78 is 13.3. The van der Waals surface area contributed by atoms with E-state index in [9.17, 15) is 4.39 Å². The molecule has 0 bridgehead atoms. The number of likely N-dealkylation sites (N-methyl/N-ethyl adjacent to an activating group) is 1. The first-order chi connectivity index (χ1) is 15.2. The monoisotopic (exact) mass is 418 g/mol. The number of hydrogen-bond donors (Lipinski definition) is 1. The number of halogens is 1. The molecule has 1 aliphatic heterocycles. The van der Waals surface area contributed by atoms with Gasteiger partial charge in [-0.2, -0.15) is 0 Å². The summed E-state index contributed by atoms with van der Waals surface area (Å²) in [6.45, 7) is 6.45. The molecule has 162 valence electrons. The highest BCUT2D eigenvalue weighted by molar-refractivity contribution is 5.59. The summed E-state index contributed by atoms with van der Waals surface area (Å²) in [5, 5.41) is 3.47. The molecule has 1 fully saturated rings. The summed E-state index contributed by atoms with van der Waals surface area (Å²) in [5.74, 6) is 0.660. The van der Waals surface area contributed by atoms with Gasteiger partial charge in [0.1, 0.15) is 11.6 Å². The Kier molecular flexibility index (Phi) is 7.39. The van der Waals surface area contributed by atoms with E-state index >= 15 is 0 Å². The minimum Gasteiger partial charge on any atom is -0.315 e. The lowest BCUT2D eigenvalue weighted by molar-refractivity contribution is 0.210. The van der Waals surface area contributed by atoms with Crippen LogP contribution in [0.4, 0.5) is 4.39 Å². The highest BCUT2D eigenvalue weighted by Gasteiger charge is 2.21. The van der Waals surface area contributed by atoms with Crippen molar-refractivity contribution in [2.45, 2.75) is 45.2 Å². The van der Waals surface area contributed by atoms with Crippen LogP contribution >= 0.6 is 0 Å². The molecule has 1 atom stereocenters. The van der Waals surface area contributed by atoms with Crippen molar-refractivity contribution in [3.8, 4) is 11.3 Å². The third-order valence-electron chi connectivity index (χ3n) is 6.03. The minimum atomic E-state index is -0.179. The third kappa shape index (κ3) is 5.96. The first kappa shape index (κ1) is 21.6. The average Bonchev–Trinajstić information content (AvgIpc) is 3.33. The van der Waals surface area contributed by atoms with Crippen molar-refractivity contribution >= 4 is 0 Å². The van der Waals surface area contributed by atoms with E-state index in [0.717, 1.165) is 68.1 Å². The molecule has 0 aliphatic carbocycles. The van der Waals surface area contributed by atoms with Gasteiger partial charge < -0.3 is 5.32 Å². The lowest BCUT2D eigenvalue weighted by Crippen LogP contribution is -2.36. The van der Waals surface area contributed by atoms with Crippen LogP contribution in [0.2, 0.25) is 0 Å². The van der Waals surface area contributed by atoms with E-state index in [1.165, 1.54) is 18.1 Å². The molecular formula is C26H31FN4. The Morgan fingerprint density at radius 2 is 1.94 bits per heavy atom. The predicted molar refractivity (Wildman–Crippen MR) is 123 cm³/mol. The van der Waals surface area contributed by atoms with Crippen molar-refractivity contribution < 1.29 is 4.39 Å². The molecule has 1 saturated heterocycles. The van der Waals surface area contributed by atoms with Gasteiger partial charge in [0, 0.05) is 37.3 Å². The summed E-state index contributed by atoms with van der Waals surface area (Å²) in [6, 6.07) is 18.1. The molecule has 1 N–H and O–H groups in total. The van der Waals surface area contributed by atoms with Gasteiger partial charge in [-0.05, 0) is 67.7 Å². The minimum absolute atomic E-state index is 0.179. The number of benzene rings is 2. The van der Waals surface area contributed by atoms with Crippen LogP contribution in [-0.2, 0) is 19.4 Å². The van der Waals surface area contributed by atoms with Crippen LogP contribution in [0.5, 0.6) is 0 Å². The molecule has 4 nitrogen and oxygen atoms in total. The maximum atomic E-state index is 13.3. The fourth-order valence-corrected chi connectivity index (χ4v) is 4.34. The maximum Gasteiger partial charge on any atom is 0.128 e. The first-order valence-electron chi connectivity index (χ1n) is 11.3. The number of hydrogen-bond acceptors (Lipinski definition) is 4. The van der Waals surface area contributed by atoms with Gasteiger partial charge in [0.25, 0.3) is 0 Å². The second-order valence-corrected chi connectivity index (χ2v) is 8.25. The van der Waals surface area contributed by atoms with Gasteiger partial charge in [-0.1, -0.05) is 37.3 Å². The Balaban J connectivity index is 1.40. The zero-order valence-corrected chi connectivity index (χ0v) is 18.2. The van der Waals surface area contributed by atoms with Crippen molar-refractivity contribution in [2.24, 2.45) is 0 Å². The van der Waals surface area contributed by atoms with E-state index in [4.69, 9.17) is 4.98 Å². The molecule has 4 rings (SSSR count). The van der Waals surface area contributed by atoms with E-state index in [0.29, 0.717) is 6.04 Å². The van der Waals surface area contributed by atoms with E-state index < -0.39 is 0 Å². The molecule has 0 spiro atoms. The molecule has 1 aliphatic rings. The van der Waals surface area contributed by atoms with Crippen LogP contribution in [-0.4, -0.2) is 40.5 Å². The van der Waals surface area contributed by atoms with Crippen molar-refractivity contribution in [3.05, 3.63) is 83.6 Å². The van der Waals surface area contributed by atoms with E-state index in [1.807, 2.05) is 18.3 Å². The molecule has 5 heteroatoms. The lowest BCUT2D eigenvalue weighted by Gasteiger charge is -2.27. The van der Waals surface area contributed by atoms with Crippen molar-refractivity contribution in [1.82, 2.24) is 20.2 Å². The fraction of sp³-hybridized carbons (Fsp3) is 0.385. The van der Waals surface area contributed by atoms with Crippen molar-refractivity contribution in [1.29, 1.82) is 0 Å². The maximum absolute atomic E-state index is 13.3. The van der Waals surface area contributed by atoms with Crippen LogP contribution < -0.4 is 5.32 Å². The highest BCUT2D eigenvalue weighted by atomic mass is 19.1. The summed E-state index contributed by atoms with van der Waals surface area (Å²) in [5.41, 5.74) is 4.43. The van der Waals surface area contributed by atoms with Gasteiger partial charge in [-0.15, -0.1) is 0 Å². The van der Waals surface area contributed by atoms with Crippen LogP contribution in [0.15, 0.2) is 60.8 Å². The number of nitrogens with zero attached hydrogens (tertiary/aromatic N) is 3. The Bertz CT molecular complexity index is 984. The van der Waals surface area contributed by atoms with Gasteiger partial charge in [-0.25, -0.2) is 14.4 Å². The smallest absolute Gasteiger partial charge is 0.128 e. The zero-order chi connectivity index (χ0) is 21.5. The fourth-order valence-electron chi connectivity index (χ4n) is 4.34. The topological polar surface area (TPSA) is 41.1 Å². The Hall–Kier alpha value is -2.63. The van der Waals surface area contributed by atoms with Crippen LogP contribution in [0.25, 0.3) is 11.3 Å². The SMILES string of the molecule is CCN(Cc1cccc(-c2ccnc(CCCc3cccc(F)c3)n2)c1)[C@H]1CCNC1. The summed E-state index contributed by atoms with van der Waals surface area (Å²) in [4.78, 5) is 11.8. The predicted octanol–water partition coefficient (Wildman–Crippen LogP) is 4.64.